The molecule has 1 aromatic carbocycles. The van der Waals surface area contributed by atoms with Crippen LogP contribution in [0.2, 0.25) is 0 Å². The minimum absolute atomic E-state index is 0.0603. The fourth-order valence-electron chi connectivity index (χ4n) is 1.41. The van der Waals surface area contributed by atoms with Crippen LogP contribution in [0, 0.1) is 0 Å². The molecule has 5 heteroatoms. The zero-order chi connectivity index (χ0) is 12.1. The Morgan fingerprint density at radius 2 is 2.31 bits per heavy atom. The lowest BCUT2D eigenvalue weighted by atomic mass is 10.0. The standard InChI is InChI=1S/C11H14BrNO3/c1-16-9-4-2-3-7(11(9)12)8(13)5-6-10(14)15/h2-4,8H,5-6,13H2,1H3,(H,14,15). The van der Waals surface area contributed by atoms with E-state index in [2.05, 4.69) is 15.9 Å². The van der Waals surface area contributed by atoms with Crippen molar-refractivity contribution in [2.45, 2.75) is 18.9 Å². The molecule has 0 aliphatic rings. The molecular weight excluding hydrogens is 274 g/mol. The maximum absolute atomic E-state index is 10.5. The van der Waals surface area contributed by atoms with E-state index in [0.29, 0.717) is 12.2 Å². The van der Waals surface area contributed by atoms with Crippen LogP contribution >= 0.6 is 15.9 Å². The number of rotatable bonds is 5. The zero-order valence-electron chi connectivity index (χ0n) is 8.94. The number of carboxylic acids is 1. The lowest BCUT2D eigenvalue weighted by molar-refractivity contribution is -0.137. The second-order valence-corrected chi connectivity index (χ2v) is 4.20. The molecule has 0 aliphatic heterocycles. The van der Waals surface area contributed by atoms with Crippen molar-refractivity contribution >= 4 is 21.9 Å². The summed E-state index contributed by atoms with van der Waals surface area (Å²) in [6, 6.07) is 5.21. The summed E-state index contributed by atoms with van der Waals surface area (Å²) in [5.41, 5.74) is 6.78. The molecule has 1 rings (SSSR count). The summed E-state index contributed by atoms with van der Waals surface area (Å²) in [6.07, 6.45) is 0.464. The quantitative estimate of drug-likeness (QED) is 0.872. The molecular formula is C11H14BrNO3. The van der Waals surface area contributed by atoms with Crippen molar-refractivity contribution in [2.75, 3.05) is 7.11 Å². The summed E-state index contributed by atoms with van der Waals surface area (Å²) < 4.78 is 5.93. The smallest absolute Gasteiger partial charge is 0.303 e. The summed E-state index contributed by atoms with van der Waals surface area (Å²) in [6.45, 7) is 0. The van der Waals surface area contributed by atoms with E-state index in [-0.39, 0.29) is 12.5 Å². The second-order valence-electron chi connectivity index (χ2n) is 3.40. The molecule has 0 bridgehead atoms. The lowest BCUT2D eigenvalue weighted by Crippen LogP contribution is -2.13. The topological polar surface area (TPSA) is 72.5 Å². The van der Waals surface area contributed by atoms with Crippen LogP contribution in [0.3, 0.4) is 0 Å². The van der Waals surface area contributed by atoms with Crippen molar-refractivity contribution < 1.29 is 14.6 Å². The average molecular weight is 288 g/mol. The third-order valence-corrected chi connectivity index (χ3v) is 3.13. The Kier molecular flexibility index (Phi) is 4.76. The van der Waals surface area contributed by atoms with Crippen LogP contribution < -0.4 is 10.5 Å². The number of halogens is 1. The first kappa shape index (κ1) is 13.0. The Hall–Kier alpha value is -1.07. The summed E-state index contributed by atoms with van der Waals surface area (Å²) in [7, 11) is 1.58. The van der Waals surface area contributed by atoms with E-state index in [0.717, 1.165) is 10.0 Å². The molecule has 3 N–H and O–H groups in total. The van der Waals surface area contributed by atoms with E-state index < -0.39 is 5.97 Å². The molecule has 0 saturated heterocycles. The molecule has 1 unspecified atom stereocenters. The van der Waals surface area contributed by atoms with Gasteiger partial charge in [-0.25, -0.2) is 0 Å². The van der Waals surface area contributed by atoms with E-state index in [4.69, 9.17) is 15.6 Å². The van der Waals surface area contributed by atoms with Gasteiger partial charge in [-0.2, -0.15) is 0 Å². The van der Waals surface area contributed by atoms with E-state index in [1.54, 1.807) is 7.11 Å². The molecule has 88 valence electrons. The van der Waals surface area contributed by atoms with Gasteiger partial charge in [0.15, 0.2) is 0 Å². The summed E-state index contributed by atoms with van der Waals surface area (Å²) in [4.78, 5) is 10.5. The van der Waals surface area contributed by atoms with Crippen molar-refractivity contribution in [1.29, 1.82) is 0 Å². The first-order chi connectivity index (χ1) is 7.56. The zero-order valence-corrected chi connectivity index (χ0v) is 10.5. The number of hydrogen-bond donors (Lipinski definition) is 2. The van der Waals surface area contributed by atoms with Crippen LogP contribution in [0.1, 0.15) is 24.4 Å². The van der Waals surface area contributed by atoms with Crippen LogP contribution in [0.15, 0.2) is 22.7 Å². The van der Waals surface area contributed by atoms with Gasteiger partial charge in [-0.05, 0) is 34.0 Å². The number of benzene rings is 1. The van der Waals surface area contributed by atoms with Gasteiger partial charge in [0.1, 0.15) is 5.75 Å². The van der Waals surface area contributed by atoms with E-state index in [9.17, 15) is 4.79 Å². The third kappa shape index (κ3) is 3.21. The summed E-state index contributed by atoms with van der Waals surface area (Å²) in [5.74, 6) is -0.141. The monoisotopic (exact) mass is 287 g/mol. The Labute approximate surface area is 103 Å². The van der Waals surface area contributed by atoms with E-state index in [1.165, 1.54) is 0 Å². The molecule has 0 amide bonds. The molecule has 0 aliphatic carbocycles. The number of aliphatic carboxylic acids is 1. The first-order valence-electron chi connectivity index (χ1n) is 4.86. The van der Waals surface area contributed by atoms with Gasteiger partial charge in [0.25, 0.3) is 0 Å². The maximum Gasteiger partial charge on any atom is 0.303 e. The van der Waals surface area contributed by atoms with Gasteiger partial charge < -0.3 is 15.6 Å². The predicted molar refractivity (Wildman–Crippen MR) is 64.5 cm³/mol. The van der Waals surface area contributed by atoms with Crippen LogP contribution in [-0.4, -0.2) is 18.2 Å². The van der Waals surface area contributed by atoms with Crippen LogP contribution in [-0.2, 0) is 4.79 Å². The van der Waals surface area contributed by atoms with Gasteiger partial charge in [-0.15, -0.1) is 0 Å². The number of carboxylic acid groups (broad SMARTS) is 1. The Balaban J connectivity index is 2.82. The Morgan fingerprint density at radius 3 is 2.88 bits per heavy atom. The molecule has 1 atom stereocenters. The Bertz CT molecular complexity index is 381. The number of nitrogens with two attached hydrogens (primary N) is 1. The van der Waals surface area contributed by atoms with Gasteiger partial charge in [0, 0.05) is 12.5 Å². The summed E-state index contributed by atoms with van der Waals surface area (Å²) in [5, 5.41) is 8.59. The van der Waals surface area contributed by atoms with Crippen molar-refractivity contribution in [1.82, 2.24) is 0 Å². The highest BCUT2D eigenvalue weighted by molar-refractivity contribution is 9.10. The van der Waals surface area contributed by atoms with Crippen LogP contribution in [0.4, 0.5) is 0 Å². The van der Waals surface area contributed by atoms with Crippen LogP contribution in [0.25, 0.3) is 0 Å². The third-order valence-electron chi connectivity index (χ3n) is 2.28. The van der Waals surface area contributed by atoms with Gasteiger partial charge in [0.2, 0.25) is 0 Å². The fraction of sp³-hybridized carbons (Fsp3) is 0.364. The first-order valence-corrected chi connectivity index (χ1v) is 5.65. The molecule has 0 aromatic heterocycles. The van der Waals surface area contributed by atoms with E-state index >= 15 is 0 Å². The van der Waals surface area contributed by atoms with Crippen molar-refractivity contribution in [3.8, 4) is 5.75 Å². The number of methoxy groups -OCH3 is 1. The summed E-state index contributed by atoms with van der Waals surface area (Å²) >= 11 is 3.40. The minimum Gasteiger partial charge on any atom is -0.496 e. The fourth-order valence-corrected chi connectivity index (χ4v) is 2.13. The van der Waals surface area contributed by atoms with Gasteiger partial charge in [-0.3, -0.25) is 4.79 Å². The highest BCUT2D eigenvalue weighted by Crippen LogP contribution is 2.32. The van der Waals surface area contributed by atoms with Crippen molar-refractivity contribution in [2.24, 2.45) is 5.73 Å². The second kappa shape index (κ2) is 5.86. The van der Waals surface area contributed by atoms with Crippen molar-refractivity contribution in [3.63, 3.8) is 0 Å². The maximum atomic E-state index is 10.5. The Morgan fingerprint density at radius 1 is 1.62 bits per heavy atom. The number of carbonyl (C=O) groups is 1. The number of ether oxygens (including phenoxy) is 1. The lowest BCUT2D eigenvalue weighted by Gasteiger charge is -2.14. The predicted octanol–water partition coefficient (Wildman–Crippen LogP) is 2.32. The molecule has 0 spiro atoms. The average Bonchev–Trinajstić information content (AvgIpc) is 2.26. The van der Waals surface area contributed by atoms with Crippen LogP contribution in [0.5, 0.6) is 5.75 Å². The number of hydrogen-bond acceptors (Lipinski definition) is 3. The molecule has 0 heterocycles. The van der Waals surface area contributed by atoms with Gasteiger partial charge in [-0.1, -0.05) is 12.1 Å². The molecule has 16 heavy (non-hydrogen) atoms. The van der Waals surface area contributed by atoms with E-state index in [1.807, 2.05) is 18.2 Å². The molecule has 0 fully saturated rings. The molecule has 4 nitrogen and oxygen atoms in total. The van der Waals surface area contributed by atoms with Gasteiger partial charge >= 0.3 is 5.97 Å². The SMILES string of the molecule is COc1cccc(C(N)CCC(=O)O)c1Br. The highest BCUT2D eigenvalue weighted by atomic mass is 79.9. The normalized spacial score (nSPS) is 12.2. The minimum atomic E-state index is -0.838. The molecule has 0 radical (unpaired) electrons. The van der Waals surface area contributed by atoms with Gasteiger partial charge in [0.05, 0.1) is 11.6 Å². The molecule has 1 aromatic rings. The van der Waals surface area contributed by atoms with Crippen molar-refractivity contribution in [3.05, 3.63) is 28.2 Å². The largest absolute Gasteiger partial charge is 0.496 e. The highest BCUT2D eigenvalue weighted by Gasteiger charge is 2.14. The molecule has 0 saturated carbocycles.